The van der Waals surface area contributed by atoms with Crippen molar-refractivity contribution in [2.75, 3.05) is 7.11 Å². The first-order chi connectivity index (χ1) is 16.0. The molecule has 5 rings (SSSR count). The van der Waals surface area contributed by atoms with Gasteiger partial charge in [0.05, 0.1) is 24.0 Å². The molecule has 0 spiro atoms. The van der Waals surface area contributed by atoms with Crippen LogP contribution < -0.4 is 20.8 Å². The van der Waals surface area contributed by atoms with Crippen molar-refractivity contribution in [2.24, 2.45) is 5.73 Å². The van der Waals surface area contributed by atoms with E-state index in [0.29, 0.717) is 22.5 Å². The highest BCUT2D eigenvalue weighted by atomic mass is 16.5. The summed E-state index contributed by atoms with van der Waals surface area (Å²) in [6, 6.07) is 23.1. The van der Waals surface area contributed by atoms with Crippen LogP contribution in [0, 0.1) is 18.3 Å². The fourth-order valence-corrected chi connectivity index (χ4v) is 4.31. The Hall–Kier alpha value is -4.50. The third-order valence-corrected chi connectivity index (χ3v) is 5.98. The van der Waals surface area contributed by atoms with Crippen molar-refractivity contribution in [2.45, 2.75) is 12.8 Å². The van der Waals surface area contributed by atoms with E-state index in [4.69, 9.17) is 19.6 Å². The van der Waals surface area contributed by atoms with Crippen LogP contribution >= 0.6 is 0 Å². The van der Waals surface area contributed by atoms with Crippen LogP contribution in [0.4, 0.5) is 0 Å². The van der Waals surface area contributed by atoms with Crippen molar-refractivity contribution in [1.29, 1.82) is 5.26 Å². The van der Waals surface area contributed by atoms with Crippen LogP contribution in [0.5, 0.6) is 11.5 Å². The molecule has 0 saturated carbocycles. The second kappa shape index (κ2) is 7.88. The number of ether oxygens (including phenoxy) is 2. The van der Waals surface area contributed by atoms with Gasteiger partial charge in [0.2, 0.25) is 5.88 Å². The zero-order valence-electron chi connectivity index (χ0n) is 18.1. The molecule has 1 aromatic heterocycles. The Kier molecular flexibility index (Phi) is 4.87. The van der Waals surface area contributed by atoms with Gasteiger partial charge in [-0.05, 0) is 41.3 Å². The number of fused-ring (bicyclic) bond motifs is 3. The summed E-state index contributed by atoms with van der Waals surface area (Å²) in [7, 11) is 1.53. The lowest BCUT2D eigenvalue weighted by atomic mass is 9.83. The van der Waals surface area contributed by atoms with Crippen molar-refractivity contribution in [1.82, 2.24) is 0 Å². The lowest BCUT2D eigenvalue weighted by Crippen LogP contribution is -2.26. The van der Waals surface area contributed by atoms with Gasteiger partial charge < -0.3 is 19.6 Å². The van der Waals surface area contributed by atoms with Gasteiger partial charge in [0, 0.05) is 6.07 Å². The first-order valence-corrected chi connectivity index (χ1v) is 10.4. The van der Waals surface area contributed by atoms with E-state index < -0.39 is 11.5 Å². The fourth-order valence-electron chi connectivity index (χ4n) is 4.31. The van der Waals surface area contributed by atoms with Crippen molar-refractivity contribution < 1.29 is 13.9 Å². The maximum Gasteiger partial charge on any atom is 0.344 e. The lowest BCUT2D eigenvalue weighted by molar-refractivity contribution is 0.387. The van der Waals surface area contributed by atoms with Gasteiger partial charge in [-0.2, -0.15) is 5.26 Å². The molecular weight excluding hydrogens is 416 g/mol. The van der Waals surface area contributed by atoms with Gasteiger partial charge in [-0.15, -0.1) is 0 Å². The molecule has 0 bridgehead atoms. The molecule has 33 heavy (non-hydrogen) atoms. The fraction of sp³-hybridized carbons (Fsp3) is 0.111. The molecular formula is C27H20N2O4. The Bertz CT molecular complexity index is 1530. The van der Waals surface area contributed by atoms with Crippen LogP contribution in [0.3, 0.4) is 0 Å². The molecule has 1 unspecified atom stereocenters. The molecule has 2 heterocycles. The van der Waals surface area contributed by atoms with Crippen LogP contribution in [0.25, 0.3) is 22.1 Å². The van der Waals surface area contributed by atoms with Crippen molar-refractivity contribution in [3.63, 3.8) is 0 Å². The predicted octanol–water partition coefficient (Wildman–Crippen LogP) is 5.00. The smallest absolute Gasteiger partial charge is 0.344 e. The van der Waals surface area contributed by atoms with Crippen LogP contribution in [-0.4, -0.2) is 7.11 Å². The van der Waals surface area contributed by atoms with Crippen molar-refractivity contribution in [3.05, 3.63) is 105 Å². The van der Waals surface area contributed by atoms with Gasteiger partial charge in [-0.25, -0.2) is 4.79 Å². The standard InChI is InChI=1S/C27H20N2O4/c1-15-5-3-4-6-19(15)16-7-9-17(10-8-16)23-21(14-28)26(29)33-25-20-12-11-18(31-2)13-22(20)32-27(30)24(23)25/h3-13,23H,29H2,1-2H3. The van der Waals surface area contributed by atoms with Gasteiger partial charge in [0.1, 0.15) is 23.0 Å². The van der Waals surface area contributed by atoms with E-state index in [1.165, 1.54) is 7.11 Å². The summed E-state index contributed by atoms with van der Waals surface area (Å²) in [6.45, 7) is 2.06. The van der Waals surface area contributed by atoms with Gasteiger partial charge in [-0.1, -0.05) is 48.5 Å². The lowest BCUT2D eigenvalue weighted by Gasteiger charge is -2.26. The normalized spacial score (nSPS) is 15.0. The monoisotopic (exact) mass is 436 g/mol. The molecule has 0 fully saturated rings. The Morgan fingerprint density at radius 2 is 1.82 bits per heavy atom. The second-order valence-electron chi connectivity index (χ2n) is 7.86. The minimum absolute atomic E-state index is 0.0271. The number of rotatable bonds is 3. The third-order valence-electron chi connectivity index (χ3n) is 5.98. The summed E-state index contributed by atoms with van der Waals surface area (Å²) in [5, 5.41) is 10.4. The molecule has 0 aliphatic carbocycles. The largest absolute Gasteiger partial charge is 0.497 e. The van der Waals surface area contributed by atoms with Crippen LogP contribution in [0.15, 0.2) is 87.4 Å². The maximum atomic E-state index is 13.1. The summed E-state index contributed by atoms with van der Waals surface area (Å²) in [5.74, 6) is 0.118. The predicted molar refractivity (Wildman–Crippen MR) is 125 cm³/mol. The average Bonchev–Trinajstić information content (AvgIpc) is 2.83. The number of hydrogen-bond acceptors (Lipinski definition) is 6. The minimum Gasteiger partial charge on any atom is -0.497 e. The second-order valence-corrected chi connectivity index (χ2v) is 7.86. The Morgan fingerprint density at radius 1 is 1.06 bits per heavy atom. The number of hydrogen-bond donors (Lipinski definition) is 1. The molecule has 4 aromatic rings. The number of nitriles is 1. The molecule has 6 nitrogen and oxygen atoms in total. The van der Waals surface area contributed by atoms with E-state index in [0.717, 1.165) is 22.3 Å². The Balaban J connectivity index is 1.70. The number of benzene rings is 3. The van der Waals surface area contributed by atoms with E-state index in [1.807, 2.05) is 36.4 Å². The van der Waals surface area contributed by atoms with Crippen molar-refractivity contribution >= 4 is 11.0 Å². The molecule has 0 amide bonds. The molecule has 1 aliphatic rings. The number of allylic oxidation sites excluding steroid dienone is 1. The van der Waals surface area contributed by atoms with Gasteiger partial charge >= 0.3 is 5.63 Å². The van der Waals surface area contributed by atoms with E-state index in [1.54, 1.807) is 18.2 Å². The minimum atomic E-state index is -0.701. The van der Waals surface area contributed by atoms with Gasteiger partial charge in [-0.3, -0.25) is 0 Å². The molecule has 0 saturated heterocycles. The highest BCUT2D eigenvalue weighted by molar-refractivity contribution is 5.87. The average molecular weight is 436 g/mol. The highest BCUT2D eigenvalue weighted by Gasteiger charge is 2.35. The quantitative estimate of drug-likeness (QED) is 0.454. The van der Waals surface area contributed by atoms with Crippen LogP contribution in [0.2, 0.25) is 0 Å². The van der Waals surface area contributed by atoms with E-state index in [9.17, 15) is 10.1 Å². The van der Waals surface area contributed by atoms with Crippen LogP contribution in [0.1, 0.15) is 22.6 Å². The van der Waals surface area contributed by atoms with Gasteiger partial charge in [0.15, 0.2) is 5.75 Å². The Morgan fingerprint density at radius 3 is 2.52 bits per heavy atom. The molecule has 162 valence electrons. The number of nitrogens with zero attached hydrogens (tertiary/aromatic N) is 1. The summed E-state index contributed by atoms with van der Waals surface area (Å²) >= 11 is 0. The summed E-state index contributed by atoms with van der Waals surface area (Å²) in [6.07, 6.45) is 0. The SMILES string of the molecule is COc1ccc2c3c(c(=O)oc2c1)C(c1ccc(-c2ccccc2C)cc1)C(C#N)=C(N)O3. The summed E-state index contributed by atoms with van der Waals surface area (Å²) < 4.78 is 16.6. The molecule has 0 radical (unpaired) electrons. The molecule has 6 heteroatoms. The first-order valence-electron chi connectivity index (χ1n) is 10.4. The zero-order chi connectivity index (χ0) is 23.1. The van der Waals surface area contributed by atoms with E-state index >= 15 is 0 Å². The molecule has 2 N–H and O–H groups in total. The summed E-state index contributed by atoms with van der Waals surface area (Å²) in [4.78, 5) is 13.1. The molecule has 1 aliphatic heterocycles. The van der Waals surface area contributed by atoms with E-state index in [2.05, 4.69) is 25.1 Å². The summed E-state index contributed by atoms with van der Waals surface area (Å²) in [5.41, 5.74) is 10.4. The van der Waals surface area contributed by atoms with Crippen LogP contribution in [-0.2, 0) is 0 Å². The zero-order valence-corrected chi connectivity index (χ0v) is 18.1. The molecule has 1 atom stereocenters. The Labute approximate surface area is 190 Å². The topological polar surface area (TPSA) is 98.5 Å². The first kappa shape index (κ1) is 20.4. The number of aryl methyl sites for hydroxylation is 1. The molecule has 3 aromatic carbocycles. The third kappa shape index (κ3) is 3.31. The van der Waals surface area contributed by atoms with E-state index in [-0.39, 0.29) is 17.0 Å². The van der Waals surface area contributed by atoms with Gasteiger partial charge in [0.25, 0.3) is 0 Å². The van der Waals surface area contributed by atoms with Crippen molar-refractivity contribution in [3.8, 4) is 28.7 Å². The maximum absolute atomic E-state index is 13.1. The number of methoxy groups -OCH3 is 1. The number of nitrogens with two attached hydrogens (primary N) is 1. The highest BCUT2D eigenvalue weighted by Crippen LogP contribution is 2.44.